The van der Waals surface area contributed by atoms with Crippen molar-refractivity contribution in [2.24, 2.45) is 5.92 Å². The number of nitrogens with one attached hydrogen (secondary N) is 1. The molecule has 1 fully saturated rings. The fourth-order valence-electron chi connectivity index (χ4n) is 2.11. The Labute approximate surface area is 103 Å². The first kappa shape index (κ1) is 14.2. The van der Waals surface area contributed by atoms with E-state index in [1.807, 2.05) is 0 Å². The highest BCUT2D eigenvalue weighted by Gasteiger charge is 2.25. The van der Waals surface area contributed by atoms with Crippen molar-refractivity contribution in [1.29, 1.82) is 0 Å². The molecule has 1 rings (SSSR count). The summed E-state index contributed by atoms with van der Waals surface area (Å²) >= 11 is 5.35. The van der Waals surface area contributed by atoms with Crippen molar-refractivity contribution >= 4 is 21.6 Å². The number of hydrogen-bond acceptors (Lipinski definition) is 3. The highest BCUT2D eigenvalue weighted by Crippen LogP contribution is 2.17. The molecule has 1 heterocycles. The van der Waals surface area contributed by atoms with E-state index in [1.54, 1.807) is 0 Å². The Morgan fingerprint density at radius 3 is 2.31 bits per heavy atom. The molecule has 0 aromatic heterocycles. The van der Waals surface area contributed by atoms with Crippen LogP contribution in [0, 0.1) is 5.92 Å². The van der Waals surface area contributed by atoms with Gasteiger partial charge in [0.25, 0.3) is 0 Å². The summed E-state index contributed by atoms with van der Waals surface area (Å²) in [6, 6.07) is 0.278. The largest absolute Gasteiger partial charge is 0.299 e. The molecule has 1 unspecified atom stereocenters. The summed E-state index contributed by atoms with van der Waals surface area (Å²) in [6.07, 6.45) is 2.43. The van der Waals surface area contributed by atoms with Crippen LogP contribution in [0.3, 0.4) is 0 Å². The molecule has 6 heteroatoms. The zero-order valence-electron chi connectivity index (χ0n) is 9.95. The Hall–Kier alpha value is 0.160. The van der Waals surface area contributed by atoms with Gasteiger partial charge in [0, 0.05) is 12.6 Å². The maximum Gasteiger partial charge on any atom is 0.225 e. The Morgan fingerprint density at radius 2 is 1.88 bits per heavy atom. The normalized spacial score (nSPS) is 20.5. The van der Waals surface area contributed by atoms with Gasteiger partial charge >= 0.3 is 0 Å². The molecule has 1 N–H and O–H groups in total. The van der Waals surface area contributed by atoms with Gasteiger partial charge in [-0.1, -0.05) is 13.8 Å². The molecule has 0 bridgehead atoms. The van der Waals surface area contributed by atoms with E-state index in [0.29, 0.717) is 12.5 Å². The van der Waals surface area contributed by atoms with Gasteiger partial charge in [-0.25, -0.2) is 13.1 Å². The molecular formula is C10H21ClN2O2S. The number of halogens is 1. The maximum absolute atomic E-state index is 11.3. The molecule has 1 aliphatic rings. The molecule has 4 nitrogen and oxygen atoms in total. The lowest BCUT2D eigenvalue weighted by Crippen LogP contribution is -2.45. The number of nitrogens with zero attached hydrogens (tertiary/aromatic N) is 1. The summed E-state index contributed by atoms with van der Waals surface area (Å²) in [6.45, 7) is 6.86. The van der Waals surface area contributed by atoms with E-state index < -0.39 is 10.0 Å². The van der Waals surface area contributed by atoms with E-state index in [0.717, 1.165) is 13.1 Å². The molecule has 0 amide bonds. The Balaban J connectivity index is 2.51. The van der Waals surface area contributed by atoms with E-state index in [9.17, 15) is 8.42 Å². The zero-order chi connectivity index (χ0) is 12.2. The van der Waals surface area contributed by atoms with Gasteiger partial charge in [-0.05, 0) is 31.8 Å². The van der Waals surface area contributed by atoms with Crippen LogP contribution in [0.5, 0.6) is 0 Å². The summed E-state index contributed by atoms with van der Waals surface area (Å²) in [5.41, 5.74) is 0. The topological polar surface area (TPSA) is 49.4 Å². The molecule has 0 radical (unpaired) electrons. The van der Waals surface area contributed by atoms with Crippen molar-refractivity contribution in [1.82, 2.24) is 9.62 Å². The minimum Gasteiger partial charge on any atom is -0.299 e. The van der Waals surface area contributed by atoms with Gasteiger partial charge in [-0.3, -0.25) is 4.90 Å². The van der Waals surface area contributed by atoms with Crippen LogP contribution >= 0.6 is 11.6 Å². The Bertz CT molecular complexity index is 300. The van der Waals surface area contributed by atoms with E-state index in [4.69, 9.17) is 11.6 Å². The lowest BCUT2D eigenvalue weighted by Gasteiger charge is -2.30. The minimum absolute atomic E-state index is 0.278. The summed E-state index contributed by atoms with van der Waals surface area (Å²) in [5.74, 6) is 0.441. The second kappa shape index (κ2) is 6.19. The predicted molar refractivity (Wildman–Crippen MR) is 67.1 cm³/mol. The summed E-state index contributed by atoms with van der Waals surface area (Å²) in [4.78, 5) is 2.36. The minimum atomic E-state index is -3.29. The molecule has 16 heavy (non-hydrogen) atoms. The van der Waals surface area contributed by atoms with Crippen LogP contribution < -0.4 is 4.72 Å². The van der Waals surface area contributed by atoms with Crippen LogP contribution in [0.4, 0.5) is 0 Å². The molecule has 1 saturated heterocycles. The van der Waals surface area contributed by atoms with Crippen molar-refractivity contribution < 1.29 is 8.42 Å². The van der Waals surface area contributed by atoms with Crippen LogP contribution in [0.25, 0.3) is 0 Å². The average molecular weight is 269 g/mol. The lowest BCUT2D eigenvalue weighted by atomic mass is 10.0. The predicted octanol–water partition coefficient (Wildman–Crippen LogP) is 1.22. The van der Waals surface area contributed by atoms with Crippen LogP contribution in [-0.2, 0) is 10.0 Å². The average Bonchev–Trinajstić information content (AvgIpc) is 2.71. The van der Waals surface area contributed by atoms with Crippen LogP contribution in [-0.4, -0.2) is 44.2 Å². The van der Waals surface area contributed by atoms with E-state index >= 15 is 0 Å². The van der Waals surface area contributed by atoms with Crippen molar-refractivity contribution in [3.63, 3.8) is 0 Å². The first-order chi connectivity index (χ1) is 7.46. The molecule has 1 atom stereocenters. The van der Waals surface area contributed by atoms with Gasteiger partial charge in [-0.2, -0.15) is 0 Å². The smallest absolute Gasteiger partial charge is 0.225 e. The van der Waals surface area contributed by atoms with E-state index in [2.05, 4.69) is 23.5 Å². The van der Waals surface area contributed by atoms with Gasteiger partial charge in [-0.15, -0.1) is 11.6 Å². The third kappa shape index (κ3) is 4.20. The van der Waals surface area contributed by atoms with Gasteiger partial charge in [0.1, 0.15) is 5.21 Å². The van der Waals surface area contributed by atoms with Crippen molar-refractivity contribution in [3.8, 4) is 0 Å². The van der Waals surface area contributed by atoms with Crippen LogP contribution in [0.2, 0.25) is 0 Å². The second-order valence-corrected chi connectivity index (χ2v) is 7.02. The van der Waals surface area contributed by atoms with Crippen molar-refractivity contribution in [2.75, 3.05) is 24.8 Å². The summed E-state index contributed by atoms with van der Waals surface area (Å²) < 4.78 is 25.1. The molecule has 1 aliphatic heterocycles. The molecular weight excluding hydrogens is 248 g/mol. The second-order valence-electron chi connectivity index (χ2n) is 4.63. The number of alkyl halides is 1. The lowest BCUT2D eigenvalue weighted by molar-refractivity contribution is 0.193. The zero-order valence-corrected chi connectivity index (χ0v) is 11.5. The molecule has 0 aliphatic carbocycles. The van der Waals surface area contributed by atoms with Gasteiger partial charge < -0.3 is 0 Å². The fourth-order valence-corrected chi connectivity index (χ4v) is 2.84. The highest BCUT2D eigenvalue weighted by molar-refractivity contribution is 7.90. The summed E-state index contributed by atoms with van der Waals surface area (Å²) in [5, 5.41) is -0.363. The van der Waals surface area contributed by atoms with Gasteiger partial charge in [0.05, 0.1) is 0 Å². The number of hydrogen-bond donors (Lipinski definition) is 1. The molecule has 0 aromatic rings. The van der Waals surface area contributed by atoms with Crippen LogP contribution in [0.1, 0.15) is 26.7 Å². The van der Waals surface area contributed by atoms with Gasteiger partial charge in [0.15, 0.2) is 0 Å². The third-order valence-corrected chi connectivity index (χ3v) is 4.79. The molecule has 0 spiro atoms. The SMILES string of the molecule is CC(C)C(CNS(=O)(=O)CCl)N1CCCC1. The van der Waals surface area contributed by atoms with E-state index in [1.165, 1.54) is 12.8 Å². The number of rotatable bonds is 6. The molecule has 0 aromatic carbocycles. The summed E-state index contributed by atoms with van der Waals surface area (Å²) in [7, 11) is -3.29. The van der Waals surface area contributed by atoms with Crippen molar-refractivity contribution in [2.45, 2.75) is 32.7 Å². The Morgan fingerprint density at radius 1 is 1.31 bits per heavy atom. The fraction of sp³-hybridized carbons (Fsp3) is 1.00. The first-order valence-electron chi connectivity index (χ1n) is 5.73. The van der Waals surface area contributed by atoms with E-state index in [-0.39, 0.29) is 11.3 Å². The van der Waals surface area contributed by atoms with Crippen LogP contribution in [0.15, 0.2) is 0 Å². The molecule has 0 saturated carbocycles. The monoisotopic (exact) mass is 268 g/mol. The number of likely N-dealkylation sites (tertiary alicyclic amines) is 1. The number of sulfonamides is 1. The van der Waals surface area contributed by atoms with Gasteiger partial charge in [0.2, 0.25) is 10.0 Å². The van der Waals surface area contributed by atoms with Crippen molar-refractivity contribution in [3.05, 3.63) is 0 Å². The standard InChI is InChI=1S/C10H21ClN2O2S/c1-9(2)10(13-5-3-4-6-13)7-12-16(14,15)8-11/h9-10,12H,3-8H2,1-2H3. The highest BCUT2D eigenvalue weighted by atomic mass is 35.5. The third-order valence-electron chi connectivity index (χ3n) is 3.04. The first-order valence-corrected chi connectivity index (χ1v) is 7.92. The Kier molecular flexibility index (Phi) is 5.50. The maximum atomic E-state index is 11.3. The molecule has 96 valence electrons. The quantitative estimate of drug-likeness (QED) is 0.737.